The smallest absolute Gasteiger partial charge is 0.338 e. The molecule has 194 valence electrons. The van der Waals surface area contributed by atoms with Gasteiger partial charge in [0, 0.05) is 12.0 Å². The minimum atomic E-state index is -1.16. The van der Waals surface area contributed by atoms with Gasteiger partial charge in [0.05, 0.1) is 31.4 Å². The molecule has 3 aromatic rings. The molecule has 0 radical (unpaired) electrons. The number of ether oxygens (including phenoxy) is 3. The van der Waals surface area contributed by atoms with Gasteiger partial charge in [-0.15, -0.1) is 0 Å². The maximum atomic E-state index is 12.9. The van der Waals surface area contributed by atoms with Crippen molar-refractivity contribution in [2.75, 3.05) is 18.5 Å². The van der Waals surface area contributed by atoms with Crippen LogP contribution in [0.2, 0.25) is 0 Å². The Morgan fingerprint density at radius 2 is 1.86 bits per heavy atom. The third-order valence-electron chi connectivity index (χ3n) is 6.53. The predicted octanol–water partition coefficient (Wildman–Crippen LogP) is 3.21. The zero-order valence-electron chi connectivity index (χ0n) is 20.7. The van der Waals surface area contributed by atoms with E-state index in [1.54, 1.807) is 35.2 Å². The highest BCUT2D eigenvalue weighted by Crippen LogP contribution is 2.36. The van der Waals surface area contributed by atoms with Gasteiger partial charge >= 0.3 is 5.97 Å². The molecule has 0 amide bonds. The summed E-state index contributed by atoms with van der Waals surface area (Å²) >= 11 is 0. The molecule has 3 N–H and O–H groups in total. The predicted molar refractivity (Wildman–Crippen MR) is 135 cm³/mol. The average molecular weight is 507 g/mol. The van der Waals surface area contributed by atoms with Crippen LogP contribution in [0.4, 0.5) is 5.82 Å². The van der Waals surface area contributed by atoms with E-state index in [1.807, 2.05) is 38.1 Å². The number of esters is 1. The second-order valence-electron chi connectivity index (χ2n) is 9.31. The summed E-state index contributed by atoms with van der Waals surface area (Å²) in [5.41, 5.74) is 3.63. The van der Waals surface area contributed by atoms with E-state index in [0.717, 1.165) is 11.1 Å². The van der Waals surface area contributed by atoms with Crippen LogP contribution in [0.3, 0.4) is 0 Å². The van der Waals surface area contributed by atoms with Crippen LogP contribution < -0.4 is 5.32 Å². The van der Waals surface area contributed by atoms with Crippen molar-refractivity contribution in [2.24, 2.45) is 4.99 Å². The van der Waals surface area contributed by atoms with Gasteiger partial charge in [0.25, 0.3) is 0 Å². The quantitative estimate of drug-likeness (QED) is 0.329. The summed E-state index contributed by atoms with van der Waals surface area (Å²) in [5.74, 6) is 0.0899. The lowest BCUT2D eigenvalue weighted by Crippen LogP contribution is -2.31. The highest BCUT2D eigenvalue weighted by atomic mass is 16.6. The number of fused-ring (bicyclic) bond motifs is 1. The number of anilines is 1. The van der Waals surface area contributed by atoms with E-state index in [0.29, 0.717) is 29.1 Å². The SMILES string of the molecule is Cc1ccc(C(=O)OC2CC(n3cnc4c3NC=NCC4O)OC2COC(O)c2ccc(C)cc2)cc1. The average Bonchev–Trinajstić information content (AvgIpc) is 3.44. The van der Waals surface area contributed by atoms with Crippen molar-refractivity contribution in [3.63, 3.8) is 0 Å². The van der Waals surface area contributed by atoms with E-state index in [4.69, 9.17) is 14.2 Å². The van der Waals surface area contributed by atoms with Gasteiger partial charge in [0.2, 0.25) is 0 Å². The Morgan fingerprint density at radius 1 is 1.16 bits per heavy atom. The Morgan fingerprint density at radius 3 is 2.59 bits per heavy atom. The molecule has 1 aromatic heterocycles. The van der Waals surface area contributed by atoms with Crippen LogP contribution in [-0.4, -0.2) is 57.4 Å². The number of aryl methyl sites for hydroxylation is 2. The molecule has 1 fully saturated rings. The fourth-order valence-electron chi connectivity index (χ4n) is 4.39. The first-order valence-corrected chi connectivity index (χ1v) is 12.2. The summed E-state index contributed by atoms with van der Waals surface area (Å²) < 4.78 is 19.6. The zero-order valence-corrected chi connectivity index (χ0v) is 20.7. The molecule has 2 aliphatic heterocycles. The number of aliphatic imine (C=N–C) groups is 1. The van der Waals surface area contributed by atoms with Gasteiger partial charge in [-0.05, 0) is 26.0 Å². The molecule has 5 unspecified atom stereocenters. The van der Waals surface area contributed by atoms with E-state index in [9.17, 15) is 15.0 Å². The van der Waals surface area contributed by atoms with E-state index >= 15 is 0 Å². The second-order valence-corrected chi connectivity index (χ2v) is 9.31. The third kappa shape index (κ3) is 5.57. The van der Waals surface area contributed by atoms with Crippen LogP contribution in [0.25, 0.3) is 0 Å². The zero-order chi connectivity index (χ0) is 25.9. The summed E-state index contributed by atoms with van der Waals surface area (Å²) in [6, 6.07) is 14.5. The van der Waals surface area contributed by atoms with Crippen molar-refractivity contribution in [2.45, 2.75) is 51.1 Å². The summed E-state index contributed by atoms with van der Waals surface area (Å²) in [5, 5.41) is 24.0. The first kappa shape index (κ1) is 25.1. The number of carbonyl (C=O) groups is 1. The molecule has 5 rings (SSSR count). The molecule has 1 saturated heterocycles. The van der Waals surface area contributed by atoms with Gasteiger partial charge in [-0.25, -0.2) is 9.78 Å². The summed E-state index contributed by atoms with van der Waals surface area (Å²) in [4.78, 5) is 21.4. The number of carbonyl (C=O) groups excluding carboxylic acids is 1. The van der Waals surface area contributed by atoms with Crippen LogP contribution in [-0.2, 0) is 14.2 Å². The van der Waals surface area contributed by atoms with Crippen molar-refractivity contribution in [3.05, 3.63) is 82.8 Å². The van der Waals surface area contributed by atoms with Gasteiger partial charge in [-0.3, -0.25) is 9.56 Å². The molecule has 2 aromatic carbocycles. The van der Waals surface area contributed by atoms with Crippen molar-refractivity contribution >= 4 is 18.1 Å². The number of nitrogens with zero attached hydrogens (tertiary/aromatic N) is 3. The van der Waals surface area contributed by atoms with Gasteiger partial charge in [-0.1, -0.05) is 47.5 Å². The Balaban J connectivity index is 1.34. The standard InChI is InChI=1S/C27H30N4O6/c1-16-3-7-18(8-4-16)26(33)35-13-22-21(37-27(34)19-9-5-17(2)6-10-19)11-23(36-22)31-15-30-24-20(32)12-28-14-29-25(24)31/h3-10,14-15,20-23,26,32-33H,11-13H2,1-2H3,(H,28,29). The molecule has 0 spiro atoms. The molecular formula is C27H30N4O6. The topological polar surface area (TPSA) is 127 Å². The Labute approximate surface area is 214 Å². The molecule has 10 heteroatoms. The van der Waals surface area contributed by atoms with Gasteiger partial charge in [-0.2, -0.15) is 0 Å². The molecule has 0 aliphatic carbocycles. The van der Waals surface area contributed by atoms with Gasteiger partial charge in [0.1, 0.15) is 36.1 Å². The largest absolute Gasteiger partial charge is 0.456 e. The van der Waals surface area contributed by atoms with Crippen LogP contribution in [0.1, 0.15) is 57.8 Å². The maximum absolute atomic E-state index is 12.9. The Bertz CT molecular complexity index is 1260. The normalized spacial score (nSPS) is 23.7. The van der Waals surface area contributed by atoms with Crippen LogP contribution in [0, 0.1) is 13.8 Å². The molecule has 10 nitrogen and oxygen atoms in total. The van der Waals surface area contributed by atoms with Gasteiger partial charge < -0.3 is 29.7 Å². The van der Waals surface area contributed by atoms with E-state index < -0.39 is 36.8 Å². The first-order chi connectivity index (χ1) is 17.9. The first-order valence-electron chi connectivity index (χ1n) is 12.2. The Hall–Kier alpha value is -3.57. The van der Waals surface area contributed by atoms with Crippen molar-refractivity contribution in [1.29, 1.82) is 0 Å². The number of hydrogen-bond acceptors (Lipinski definition) is 9. The molecule has 37 heavy (non-hydrogen) atoms. The van der Waals surface area contributed by atoms with Crippen molar-refractivity contribution in [3.8, 4) is 0 Å². The fraction of sp³-hybridized carbons (Fsp3) is 0.370. The monoisotopic (exact) mass is 506 g/mol. The lowest BCUT2D eigenvalue weighted by molar-refractivity contribution is -0.146. The second kappa shape index (κ2) is 10.8. The summed E-state index contributed by atoms with van der Waals surface area (Å²) in [6.07, 6.45) is -0.443. The van der Waals surface area contributed by atoms with Crippen LogP contribution in [0.15, 0.2) is 59.9 Å². The lowest BCUT2D eigenvalue weighted by Gasteiger charge is -2.21. The molecule has 5 atom stereocenters. The summed E-state index contributed by atoms with van der Waals surface area (Å²) in [6.45, 7) is 4.10. The third-order valence-corrected chi connectivity index (χ3v) is 6.53. The maximum Gasteiger partial charge on any atom is 0.338 e. The highest BCUT2D eigenvalue weighted by Gasteiger charge is 2.41. The molecule has 2 aliphatic rings. The number of benzene rings is 2. The van der Waals surface area contributed by atoms with Crippen LogP contribution in [0.5, 0.6) is 0 Å². The minimum Gasteiger partial charge on any atom is -0.456 e. The van der Waals surface area contributed by atoms with E-state index in [-0.39, 0.29) is 13.2 Å². The number of aromatic nitrogens is 2. The molecule has 0 saturated carbocycles. The number of aliphatic hydroxyl groups excluding tert-OH is 2. The van der Waals surface area contributed by atoms with E-state index in [1.165, 1.54) is 6.34 Å². The number of aliphatic hydroxyl groups is 2. The van der Waals surface area contributed by atoms with Gasteiger partial charge in [0.15, 0.2) is 6.29 Å². The van der Waals surface area contributed by atoms with Crippen LogP contribution >= 0.6 is 0 Å². The number of imidazole rings is 1. The fourth-order valence-corrected chi connectivity index (χ4v) is 4.39. The highest BCUT2D eigenvalue weighted by molar-refractivity contribution is 5.89. The number of nitrogens with one attached hydrogen (secondary N) is 1. The molecular weight excluding hydrogens is 476 g/mol. The Kier molecular flexibility index (Phi) is 7.33. The summed E-state index contributed by atoms with van der Waals surface area (Å²) in [7, 11) is 0. The number of rotatable bonds is 7. The molecule has 0 bridgehead atoms. The van der Waals surface area contributed by atoms with Crippen molar-refractivity contribution in [1.82, 2.24) is 9.55 Å². The van der Waals surface area contributed by atoms with E-state index in [2.05, 4.69) is 15.3 Å². The minimum absolute atomic E-state index is 0.00815. The molecule has 3 heterocycles. The van der Waals surface area contributed by atoms with Crippen molar-refractivity contribution < 1.29 is 29.2 Å². The lowest BCUT2D eigenvalue weighted by atomic mass is 10.1. The number of hydrogen-bond donors (Lipinski definition) is 3.